The third-order valence-corrected chi connectivity index (χ3v) is 6.15. The van der Waals surface area contributed by atoms with Crippen molar-refractivity contribution in [3.63, 3.8) is 0 Å². The molecule has 1 atom stereocenters. The molecule has 1 fully saturated rings. The summed E-state index contributed by atoms with van der Waals surface area (Å²) >= 11 is 0. The van der Waals surface area contributed by atoms with E-state index < -0.39 is 0 Å². The SMILES string of the molecule is CC(NC(=O)c1cnc(-c2ccccc2)nc1N(C)C1CCCCC1)c1ccccc1. The molecule has 2 aromatic carbocycles. The van der Waals surface area contributed by atoms with E-state index in [0.717, 1.165) is 24.0 Å². The highest BCUT2D eigenvalue weighted by molar-refractivity contribution is 5.99. The molecule has 5 heteroatoms. The molecule has 1 aliphatic rings. The Labute approximate surface area is 184 Å². The van der Waals surface area contributed by atoms with E-state index in [4.69, 9.17) is 4.98 Å². The number of amides is 1. The Hall–Kier alpha value is -3.21. The zero-order chi connectivity index (χ0) is 21.6. The average molecular weight is 415 g/mol. The maximum atomic E-state index is 13.3. The van der Waals surface area contributed by atoms with Crippen molar-refractivity contribution in [3.05, 3.63) is 78.0 Å². The van der Waals surface area contributed by atoms with Gasteiger partial charge in [-0.15, -0.1) is 0 Å². The number of hydrogen-bond donors (Lipinski definition) is 1. The van der Waals surface area contributed by atoms with Crippen LogP contribution in [0.15, 0.2) is 66.9 Å². The summed E-state index contributed by atoms with van der Waals surface area (Å²) in [5.41, 5.74) is 2.54. The van der Waals surface area contributed by atoms with Gasteiger partial charge in [-0.1, -0.05) is 79.9 Å². The molecule has 0 radical (unpaired) electrons. The van der Waals surface area contributed by atoms with Crippen LogP contribution in [0.1, 0.15) is 61.0 Å². The Morgan fingerprint density at radius 3 is 2.32 bits per heavy atom. The molecule has 160 valence electrons. The van der Waals surface area contributed by atoms with Crippen molar-refractivity contribution in [1.29, 1.82) is 0 Å². The van der Waals surface area contributed by atoms with Crippen LogP contribution < -0.4 is 10.2 Å². The van der Waals surface area contributed by atoms with Gasteiger partial charge in [-0.25, -0.2) is 9.97 Å². The minimum Gasteiger partial charge on any atom is -0.356 e. The fourth-order valence-corrected chi connectivity index (χ4v) is 4.27. The average Bonchev–Trinajstić information content (AvgIpc) is 2.84. The Kier molecular flexibility index (Phi) is 6.60. The van der Waals surface area contributed by atoms with E-state index in [1.54, 1.807) is 6.20 Å². The molecule has 0 aliphatic heterocycles. The van der Waals surface area contributed by atoms with E-state index in [9.17, 15) is 4.79 Å². The molecular formula is C26H30N4O. The molecule has 0 bridgehead atoms. The van der Waals surface area contributed by atoms with Crippen LogP contribution in [0.3, 0.4) is 0 Å². The molecule has 1 amide bonds. The molecular weight excluding hydrogens is 384 g/mol. The molecule has 1 unspecified atom stereocenters. The fourth-order valence-electron chi connectivity index (χ4n) is 4.27. The van der Waals surface area contributed by atoms with Gasteiger partial charge in [0.05, 0.1) is 6.04 Å². The maximum absolute atomic E-state index is 13.3. The molecule has 1 aliphatic carbocycles. The van der Waals surface area contributed by atoms with Crippen molar-refractivity contribution in [3.8, 4) is 11.4 Å². The second-order valence-electron chi connectivity index (χ2n) is 8.31. The predicted molar refractivity (Wildman–Crippen MR) is 125 cm³/mol. The number of aromatic nitrogens is 2. The van der Waals surface area contributed by atoms with Gasteiger partial charge in [-0.2, -0.15) is 0 Å². The van der Waals surface area contributed by atoms with Gasteiger partial charge in [0.2, 0.25) is 0 Å². The zero-order valence-electron chi connectivity index (χ0n) is 18.3. The van der Waals surface area contributed by atoms with Crippen LogP contribution in [0.25, 0.3) is 11.4 Å². The largest absolute Gasteiger partial charge is 0.356 e. The number of nitrogens with zero attached hydrogens (tertiary/aromatic N) is 3. The lowest BCUT2D eigenvalue weighted by Crippen LogP contribution is -2.36. The highest BCUT2D eigenvalue weighted by Crippen LogP contribution is 2.29. The summed E-state index contributed by atoms with van der Waals surface area (Å²) in [4.78, 5) is 24.9. The van der Waals surface area contributed by atoms with Crippen LogP contribution in [0.4, 0.5) is 5.82 Å². The Balaban J connectivity index is 1.66. The molecule has 0 saturated heterocycles. The summed E-state index contributed by atoms with van der Waals surface area (Å²) < 4.78 is 0. The lowest BCUT2D eigenvalue weighted by molar-refractivity contribution is 0.0939. The maximum Gasteiger partial charge on any atom is 0.257 e. The predicted octanol–water partition coefficient (Wildman–Crippen LogP) is 5.40. The summed E-state index contributed by atoms with van der Waals surface area (Å²) in [6.45, 7) is 2.00. The van der Waals surface area contributed by atoms with E-state index in [1.165, 1.54) is 19.3 Å². The van der Waals surface area contributed by atoms with E-state index in [2.05, 4.69) is 22.2 Å². The third-order valence-electron chi connectivity index (χ3n) is 6.15. The minimum atomic E-state index is -0.145. The molecule has 1 aromatic heterocycles. The second-order valence-corrected chi connectivity index (χ2v) is 8.31. The van der Waals surface area contributed by atoms with Crippen LogP contribution >= 0.6 is 0 Å². The Morgan fingerprint density at radius 1 is 1.00 bits per heavy atom. The van der Waals surface area contributed by atoms with Gasteiger partial charge in [-0.05, 0) is 25.3 Å². The Bertz CT molecular complexity index is 1000. The highest BCUT2D eigenvalue weighted by Gasteiger charge is 2.25. The number of carbonyl (C=O) groups excluding carboxylic acids is 1. The normalized spacial score (nSPS) is 15.3. The number of nitrogens with one attached hydrogen (secondary N) is 1. The van der Waals surface area contributed by atoms with Gasteiger partial charge in [0.25, 0.3) is 5.91 Å². The van der Waals surface area contributed by atoms with Crippen molar-refractivity contribution in [2.75, 3.05) is 11.9 Å². The topological polar surface area (TPSA) is 58.1 Å². The molecule has 5 nitrogen and oxygen atoms in total. The lowest BCUT2D eigenvalue weighted by Gasteiger charge is -2.33. The van der Waals surface area contributed by atoms with Gasteiger partial charge >= 0.3 is 0 Å². The summed E-state index contributed by atoms with van der Waals surface area (Å²) in [7, 11) is 2.06. The first-order chi connectivity index (χ1) is 15.1. The number of rotatable bonds is 6. The van der Waals surface area contributed by atoms with Gasteiger partial charge < -0.3 is 10.2 Å². The number of benzene rings is 2. The summed E-state index contributed by atoms with van der Waals surface area (Å²) in [6, 6.07) is 20.2. The standard InChI is InChI=1S/C26H30N4O/c1-19(20-12-6-3-7-13-20)28-26(31)23-18-27-24(21-14-8-4-9-15-21)29-25(23)30(2)22-16-10-5-11-17-22/h3-4,6-9,12-15,18-19,22H,5,10-11,16-17H2,1-2H3,(H,28,31). The smallest absolute Gasteiger partial charge is 0.257 e. The zero-order valence-corrected chi connectivity index (χ0v) is 18.3. The molecule has 1 N–H and O–H groups in total. The summed E-state index contributed by atoms with van der Waals surface area (Å²) in [5.74, 6) is 1.21. The van der Waals surface area contributed by atoms with Crippen LogP contribution in [-0.2, 0) is 0 Å². The van der Waals surface area contributed by atoms with Crippen LogP contribution in [0, 0.1) is 0 Å². The monoisotopic (exact) mass is 414 g/mol. The summed E-state index contributed by atoms with van der Waals surface area (Å²) in [6.07, 6.45) is 7.66. The molecule has 31 heavy (non-hydrogen) atoms. The first kappa shape index (κ1) is 21.0. The van der Waals surface area contributed by atoms with Crippen molar-refractivity contribution in [2.45, 2.75) is 51.1 Å². The molecule has 1 saturated carbocycles. The van der Waals surface area contributed by atoms with Gasteiger partial charge in [0, 0.05) is 24.8 Å². The first-order valence-corrected chi connectivity index (χ1v) is 11.1. The van der Waals surface area contributed by atoms with Crippen molar-refractivity contribution in [2.24, 2.45) is 0 Å². The number of carbonyl (C=O) groups is 1. The summed E-state index contributed by atoms with van der Waals surface area (Å²) in [5, 5.41) is 3.12. The highest BCUT2D eigenvalue weighted by atomic mass is 16.1. The van der Waals surface area contributed by atoms with E-state index in [0.29, 0.717) is 23.2 Å². The van der Waals surface area contributed by atoms with E-state index in [-0.39, 0.29) is 11.9 Å². The lowest BCUT2D eigenvalue weighted by atomic mass is 9.94. The van der Waals surface area contributed by atoms with E-state index >= 15 is 0 Å². The van der Waals surface area contributed by atoms with Gasteiger partial charge in [0.1, 0.15) is 11.4 Å². The van der Waals surface area contributed by atoms with Crippen molar-refractivity contribution >= 4 is 11.7 Å². The minimum absolute atomic E-state index is 0.102. The quantitative estimate of drug-likeness (QED) is 0.586. The Morgan fingerprint density at radius 2 is 1.65 bits per heavy atom. The van der Waals surface area contributed by atoms with E-state index in [1.807, 2.05) is 67.6 Å². The van der Waals surface area contributed by atoms with Crippen LogP contribution in [0.2, 0.25) is 0 Å². The van der Waals surface area contributed by atoms with Crippen LogP contribution in [0.5, 0.6) is 0 Å². The van der Waals surface area contributed by atoms with Crippen LogP contribution in [-0.4, -0.2) is 29.0 Å². The fraction of sp³-hybridized carbons (Fsp3) is 0.346. The molecule has 3 aromatic rings. The molecule has 4 rings (SSSR count). The number of hydrogen-bond acceptors (Lipinski definition) is 4. The molecule has 0 spiro atoms. The van der Waals surface area contributed by atoms with Crippen molar-refractivity contribution < 1.29 is 4.79 Å². The van der Waals surface area contributed by atoms with Gasteiger partial charge in [-0.3, -0.25) is 4.79 Å². The second kappa shape index (κ2) is 9.73. The molecule has 1 heterocycles. The third kappa shape index (κ3) is 4.93. The van der Waals surface area contributed by atoms with Crippen molar-refractivity contribution in [1.82, 2.24) is 15.3 Å². The number of anilines is 1. The first-order valence-electron chi connectivity index (χ1n) is 11.1. The van der Waals surface area contributed by atoms with Gasteiger partial charge in [0.15, 0.2) is 5.82 Å².